The predicted octanol–water partition coefficient (Wildman–Crippen LogP) is 2.52. The number of rotatable bonds is 7. The van der Waals surface area contributed by atoms with E-state index in [4.69, 9.17) is 0 Å². The monoisotopic (exact) mass is 250 g/mol. The van der Waals surface area contributed by atoms with Crippen LogP contribution in [0.3, 0.4) is 0 Å². The minimum atomic E-state index is 0.429. The van der Waals surface area contributed by atoms with Gasteiger partial charge in [-0.15, -0.1) is 0 Å². The van der Waals surface area contributed by atoms with E-state index >= 15 is 0 Å². The molecule has 4 nitrogen and oxygen atoms in total. The van der Waals surface area contributed by atoms with E-state index in [-0.39, 0.29) is 0 Å². The standard InChI is InChI=1S/C14H26N4/c1-6-8-15-9-13-10-16-14(17-12(13)5)18(7-2)11(3)4/h10-11,15H,6-9H2,1-5H3. The van der Waals surface area contributed by atoms with Crippen LogP contribution in [0.2, 0.25) is 0 Å². The number of hydrogen-bond acceptors (Lipinski definition) is 4. The Balaban J connectivity index is 2.78. The number of nitrogens with zero attached hydrogens (tertiary/aromatic N) is 3. The van der Waals surface area contributed by atoms with Crippen molar-refractivity contribution in [3.05, 3.63) is 17.5 Å². The topological polar surface area (TPSA) is 41.1 Å². The third kappa shape index (κ3) is 3.95. The van der Waals surface area contributed by atoms with Crippen LogP contribution in [0.5, 0.6) is 0 Å². The maximum Gasteiger partial charge on any atom is 0.225 e. The molecule has 1 aromatic heterocycles. The average Bonchev–Trinajstić information content (AvgIpc) is 2.32. The molecule has 1 N–H and O–H groups in total. The van der Waals surface area contributed by atoms with E-state index in [2.05, 4.69) is 54.8 Å². The Labute approximate surface area is 111 Å². The molecule has 0 aliphatic heterocycles. The molecule has 1 rings (SSSR count). The Hall–Kier alpha value is -1.16. The van der Waals surface area contributed by atoms with Gasteiger partial charge in [-0.1, -0.05) is 6.92 Å². The molecule has 0 saturated carbocycles. The van der Waals surface area contributed by atoms with E-state index in [0.717, 1.165) is 37.7 Å². The average molecular weight is 250 g/mol. The Morgan fingerprint density at radius 1 is 1.33 bits per heavy atom. The molecule has 18 heavy (non-hydrogen) atoms. The van der Waals surface area contributed by atoms with E-state index in [0.29, 0.717) is 6.04 Å². The number of hydrogen-bond donors (Lipinski definition) is 1. The lowest BCUT2D eigenvalue weighted by Crippen LogP contribution is -2.32. The molecule has 0 radical (unpaired) electrons. The minimum Gasteiger partial charge on any atom is -0.339 e. The second-order valence-electron chi connectivity index (χ2n) is 4.84. The van der Waals surface area contributed by atoms with Crippen molar-refractivity contribution in [3.8, 4) is 0 Å². The van der Waals surface area contributed by atoms with Gasteiger partial charge in [-0.05, 0) is 40.7 Å². The van der Waals surface area contributed by atoms with E-state index in [1.807, 2.05) is 6.20 Å². The first kappa shape index (κ1) is 14.9. The van der Waals surface area contributed by atoms with Crippen molar-refractivity contribution in [1.29, 1.82) is 0 Å². The maximum atomic E-state index is 4.62. The molecule has 0 atom stereocenters. The third-order valence-corrected chi connectivity index (χ3v) is 3.03. The van der Waals surface area contributed by atoms with Gasteiger partial charge in [0.15, 0.2) is 0 Å². The Kier molecular flexibility index (Phi) is 6.05. The lowest BCUT2D eigenvalue weighted by molar-refractivity contribution is 0.658. The van der Waals surface area contributed by atoms with Gasteiger partial charge in [0.05, 0.1) is 0 Å². The molecule has 0 spiro atoms. The van der Waals surface area contributed by atoms with Gasteiger partial charge in [0.2, 0.25) is 5.95 Å². The molecule has 0 amide bonds. The van der Waals surface area contributed by atoms with Gasteiger partial charge >= 0.3 is 0 Å². The summed E-state index contributed by atoms with van der Waals surface area (Å²) in [6.07, 6.45) is 3.10. The number of anilines is 1. The summed E-state index contributed by atoms with van der Waals surface area (Å²) in [5.41, 5.74) is 2.26. The fourth-order valence-electron chi connectivity index (χ4n) is 1.93. The zero-order valence-corrected chi connectivity index (χ0v) is 12.3. The van der Waals surface area contributed by atoms with Gasteiger partial charge in [-0.25, -0.2) is 9.97 Å². The van der Waals surface area contributed by atoms with Crippen LogP contribution >= 0.6 is 0 Å². The van der Waals surface area contributed by atoms with Crippen LogP contribution in [-0.4, -0.2) is 29.1 Å². The Morgan fingerprint density at radius 3 is 2.56 bits per heavy atom. The van der Waals surface area contributed by atoms with Gasteiger partial charge < -0.3 is 10.2 Å². The summed E-state index contributed by atoms with van der Waals surface area (Å²) in [4.78, 5) is 11.3. The molecule has 0 aromatic carbocycles. The van der Waals surface area contributed by atoms with E-state index < -0.39 is 0 Å². The molecular formula is C14H26N4. The fourth-order valence-corrected chi connectivity index (χ4v) is 1.93. The molecule has 0 fully saturated rings. The summed E-state index contributed by atoms with van der Waals surface area (Å²) in [5, 5.41) is 3.38. The highest BCUT2D eigenvalue weighted by atomic mass is 15.3. The highest BCUT2D eigenvalue weighted by molar-refractivity contribution is 5.33. The molecule has 0 unspecified atom stereocenters. The largest absolute Gasteiger partial charge is 0.339 e. The molecule has 1 heterocycles. The van der Waals surface area contributed by atoms with Gasteiger partial charge in [-0.3, -0.25) is 0 Å². The first-order valence-electron chi connectivity index (χ1n) is 6.90. The lowest BCUT2D eigenvalue weighted by Gasteiger charge is -2.25. The van der Waals surface area contributed by atoms with E-state index in [9.17, 15) is 0 Å². The summed E-state index contributed by atoms with van der Waals surface area (Å²) >= 11 is 0. The van der Waals surface area contributed by atoms with Crippen LogP contribution in [0, 0.1) is 6.92 Å². The van der Waals surface area contributed by atoms with Crippen molar-refractivity contribution in [2.75, 3.05) is 18.0 Å². The van der Waals surface area contributed by atoms with Gasteiger partial charge in [0.1, 0.15) is 0 Å². The van der Waals surface area contributed by atoms with Crippen LogP contribution in [0.15, 0.2) is 6.20 Å². The second-order valence-corrected chi connectivity index (χ2v) is 4.84. The highest BCUT2D eigenvalue weighted by Crippen LogP contribution is 2.13. The van der Waals surface area contributed by atoms with Crippen molar-refractivity contribution >= 4 is 5.95 Å². The molecule has 0 aliphatic rings. The zero-order valence-electron chi connectivity index (χ0n) is 12.3. The quantitative estimate of drug-likeness (QED) is 0.755. The van der Waals surface area contributed by atoms with Crippen LogP contribution in [0.1, 0.15) is 45.4 Å². The molecular weight excluding hydrogens is 224 g/mol. The van der Waals surface area contributed by atoms with Crippen molar-refractivity contribution < 1.29 is 0 Å². The number of aryl methyl sites for hydroxylation is 1. The summed E-state index contributed by atoms with van der Waals surface area (Å²) < 4.78 is 0. The fraction of sp³-hybridized carbons (Fsp3) is 0.714. The van der Waals surface area contributed by atoms with Gasteiger partial charge in [0, 0.05) is 36.6 Å². The minimum absolute atomic E-state index is 0.429. The van der Waals surface area contributed by atoms with Gasteiger partial charge in [-0.2, -0.15) is 0 Å². The van der Waals surface area contributed by atoms with Crippen molar-refractivity contribution in [3.63, 3.8) is 0 Å². The summed E-state index contributed by atoms with van der Waals surface area (Å²) in [6.45, 7) is 13.5. The van der Waals surface area contributed by atoms with Crippen molar-refractivity contribution in [2.45, 2.75) is 53.6 Å². The zero-order chi connectivity index (χ0) is 13.5. The third-order valence-electron chi connectivity index (χ3n) is 3.03. The van der Waals surface area contributed by atoms with Crippen molar-refractivity contribution in [2.24, 2.45) is 0 Å². The second kappa shape index (κ2) is 7.31. The maximum absolute atomic E-state index is 4.62. The molecule has 0 saturated heterocycles. The molecule has 1 aromatic rings. The summed E-state index contributed by atoms with van der Waals surface area (Å²) in [7, 11) is 0. The van der Waals surface area contributed by atoms with Gasteiger partial charge in [0.25, 0.3) is 0 Å². The predicted molar refractivity (Wildman–Crippen MR) is 76.9 cm³/mol. The Morgan fingerprint density at radius 2 is 2.06 bits per heavy atom. The normalized spacial score (nSPS) is 11.0. The number of nitrogens with one attached hydrogen (secondary N) is 1. The van der Waals surface area contributed by atoms with E-state index in [1.165, 1.54) is 5.56 Å². The van der Waals surface area contributed by atoms with Crippen LogP contribution < -0.4 is 10.2 Å². The molecule has 0 bridgehead atoms. The van der Waals surface area contributed by atoms with Crippen LogP contribution in [-0.2, 0) is 6.54 Å². The first-order valence-corrected chi connectivity index (χ1v) is 6.90. The Bertz CT molecular complexity index is 363. The van der Waals surface area contributed by atoms with Crippen molar-refractivity contribution in [1.82, 2.24) is 15.3 Å². The summed E-state index contributed by atoms with van der Waals surface area (Å²) in [6, 6.07) is 0.429. The first-order chi connectivity index (χ1) is 8.60. The van der Waals surface area contributed by atoms with Crippen LogP contribution in [0.25, 0.3) is 0 Å². The lowest BCUT2D eigenvalue weighted by atomic mass is 10.2. The molecule has 102 valence electrons. The van der Waals surface area contributed by atoms with Crippen LogP contribution in [0.4, 0.5) is 5.95 Å². The van der Waals surface area contributed by atoms with E-state index in [1.54, 1.807) is 0 Å². The smallest absolute Gasteiger partial charge is 0.225 e. The SMILES string of the molecule is CCCNCc1cnc(N(CC)C(C)C)nc1C. The molecule has 4 heteroatoms. The molecule has 0 aliphatic carbocycles. The number of aromatic nitrogens is 2. The highest BCUT2D eigenvalue weighted by Gasteiger charge is 2.12. The summed E-state index contributed by atoms with van der Waals surface area (Å²) in [5.74, 6) is 0.837.